The lowest BCUT2D eigenvalue weighted by molar-refractivity contribution is 0.189. The maximum Gasteiger partial charge on any atom is 0.135 e. The van der Waals surface area contributed by atoms with Gasteiger partial charge in [-0.2, -0.15) is 0 Å². The first-order chi connectivity index (χ1) is 7.86. The number of hydrogen-bond acceptors (Lipinski definition) is 3. The van der Waals surface area contributed by atoms with Gasteiger partial charge in [0.15, 0.2) is 0 Å². The van der Waals surface area contributed by atoms with Crippen molar-refractivity contribution in [3.8, 4) is 0 Å². The minimum absolute atomic E-state index is 0.0261. The van der Waals surface area contributed by atoms with Crippen LogP contribution >= 0.6 is 0 Å². The van der Waals surface area contributed by atoms with Crippen LogP contribution in [0, 0.1) is 0 Å². The average Bonchev–Trinajstić information content (AvgIpc) is 2.68. The number of aromatic nitrogens is 2. The monoisotopic (exact) mass is 220 g/mol. The second kappa shape index (κ2) is 5.09. The Morgan fingerprint density at radius 1 is 1.38 bits per heavy atom. The summed E-state index contributed by atoms with van der Waals surface area (Å²) >= 11 is 0. The predicted octanol–water partition coefficient (Wildman–Crippen LogP) is 1.57. The molecule has 2 rings (SSSR count). The summed E-state index contributed by atoms with van der Waals surface area (Å²) in [6.45, 7) is 1.52. The molecule has 0 saturated carbocycles. The van der Waals surface area contributed by atoms with Gasteiger partial charge in [0.05, 0.1) is 11.0 Å². The first-order valence-electron chi connectivity index (χ1n) is 5.40. The molecule has 1 heterocycles. The lowest BCUT2D eigenvalue weighted by Gasteiger charge is -2.06. The summed E-state index contributed by atoms with van der Waals surface area (Å²) in [5.41, 5.74) is 2.01. The number of nitrogens with zero attached hydrogens (tertiary/aromatic N) is 2. The number of ether oxygens (including phenoxy) is 1. The summed E-state index contributed by atoms with van der Waals surface area (Å²) in [6.07, 6.45) is 0.920. The van der Waals surface area contributed by atoms with Gasteiger partial charge in [-0.1, -0.05) is 12.1 Å². The molecule has 0 bridgehead atoms. The fraction of sp³-hybridized carbons (Fsp3) is 0.417. The van der Waals surface area contributed by atoms with E-state index in [1.165, 1.54) is 0 Å². The number of imidazole rings is 1. The Kier molecular flexibility index (Phi) is 3.54. The van der Waals surface area contributed by atoms with Crippen molar-refractivity contribution in [2.45, 2.75) is 19.6 Å². The normalized spacial score (nSPS) is 11.1. The molecule has 0 spiro atoms. The maximum absolute atomic E-state index is 9.26. The van der Waals surface area contributed by atoms with Gasteiger partial charge < -0.3 is 14.4 Å². The van der Waals surface area contributed by atoms with Gasteiger partial charge in [0, 0.05) is 20.3 Å². The molecule has 86 valence electrons. The lowest BCUT2D eigenvalue weighted by Crippen LogP contribution is -2.06. The first-order valence-corrected chi connectivity index (χ1v) is 5.40. The van der Waals surface area contributed by atoms with Crippen LogP contribution in [0.2, 0.25) is 0 Å². The Labute approximate surface area is 94.5 Å². The molecule has 0 aliphatic rings. The van der Waals surface area contributed by atoms with E-state index in [0.29, 0.717) is 0 Å². The van der Waals surface area contributed by atoms with Crippen molar-refractivity contribution in [1.29, 1.82) is 0 Å². The highest BCUT2D eigenvalue weighted by Crippen LogP contribution is 2.16. The van der Waals surface area contributed by atoms with Gasteiger partial charge in [0.1, 0.15) is 12.4 Å². The second-order valence-electron chi connectivity index (χ2n) is 3.67. The van der Waals surface area contributed by atoms with E-state index < -0.39 is 0 Å². The van der Waals surface area contributed by atoms with Crippen molar-refractivity contribution in [2.75, 3.05) is 13.7 Å². The van der Waals surface area contributed by atoms with E-state index in [1.807, 2.05) is 28.8 Å². The quantitative estimate of drug-likeness (QED) is 0.778. The van der Waals surface area contributed by atoms with E-state index in [-0.39, 0.29) is 6.61 Å². The fourth-order valence-corrected chi connectivity index (χ4v) is 1.86. The highest BCUT2D eigenvalue weighted by molar-refractivity contribution is 5.75. The zero-order valence-electron chi connectivity index (χ0n) is 9.39. The Balaban J connectivity index is 2.32. The molecule has 0 amide bonds. The standard InChI is InChI=1S/C12H16N2O2/c1-16-8-4-7-14-11-6-3-2-5-10(11)13-12(14)9-15/h2-3,5-6,15H,4,7-9H2,1H3. The van der Waals surface area contributed by atoms with E-state index in [0.717, 1.165) is 36.4 Å². The molecule has 4 nitrogen and oxygen atoms in total. The summed E-state index contributed by atoms with van der Waals surface area (Å²) in [6, 6.07) is 7.92. The summed E-state index contributed by atoms with van der Waals surface area (Å²) in [5.74, 6) is 0.720. The Morgan fingerprint density at radius 3 is 2.94 bits per heavy atom. The number of aryl methyl sites for hydroxylation is 1. The molecular formula is C12H16N2O2. The largest absolute Gasteiger partial charge is 0.388 e. The van der Waals surface area contributed by atoms with Gasteiger partial charge in [-0.3, -0.25) is 0 Å². The van der Waals surface area contributed by atoms with Crippen molar-refractivity contribution < 1.29 is 9.84 Å². The molecule has 2 aromatic rings. The molecule has 1 aromatic carbocycles. The summed E-state index contributed by atoms with van der Waals surface area (Å²) < 4.78 is 7.08. The number of aliphatic hydroxyl groups is 1. The summed E-state index contributed by atoms with van der Waals surface area (Å²) in [5, 5.41) is 9.26. The van der Waals surface area contributed by atoms with Gasteiger partial charge in [-0.25, -0.2) is 4.98 Å². The molecule has 4 heteroatoms. The molecule has 0 atom stereocenters. The van der Waals surface area contributed by atoms with Gasteiger partial charge in [0.25, 0.3) is 0 Å². The zero-order chi connectivity index (χ0) is 11.4. The average molecular weight is 220 g/mol. The van der Waals surface area contributed by atoms with Crippen molar-refractivity contribution in [1.82, 2.24) is 9.55 Å². The minimum Gasteiger partial charge on any atom is -0.388 e. The lowest BCUT2D eigenvalue weighted by atomic mass is 10.3. The molecule has 0 radical (unpaired) electrons. The van der Waals surface area contributed by atoms with Gasteiger partial charge in [-0.05, 0) is 18.6 Å². The van der Waals surface area contributed by atoms with Crippen LogP contribution in [0.5, 0.6) is 0 Å². The van der Waals surface area contributed by atoms with Crippen LogP contribution in [0.1, 0.15) is 12.2 Å². The van der Waals surface area contributed by atoms with Gasteiger partial charge in [0.2, 0.25) is 0 Å². The van der Waals surface area contributed by atoms with Gasteiger partial charge >= 0.3 is 0 Å². The molecule has 0 aliphatic heterocycles. The third-order valence-electron chi connectivity index (χ3n) is 2.61. The summed E-state index contributed by atoms with van der Waals surface area (Å²) in [7, 11) is 1.69. The third-order valence-corrected chi connectivity index (χ3v) is 2.61. The number of para-hydroxylation sites is 2. The SMILES string of the molecule is COCCCn1c(CO)nc2ccccc21. The molecule has 0 saturated heterocycles. The van der Waals surface area contributed by atoms with Crippen LogP contribution < -0.4 is 0 Å². The fourth-order valence-electron chi connectivity index (χ4n) is 1.86. The molecule has 0 aliphatic carbocycles. The van der Waals surface area contributed by atoms with E-state index in [2.05, 4.69) is 4.98 Å². The van der Waals surface area contributed by atoms with Crippen LogP contribution in [0.25, 0.3) is 11.0 Å². The highest BCUT2D eigenvalue weighted by atomic mass is 16.5. The van der Waals surface area contributed by atoms with Crippen LogP contribution in [-0.4, -0.2) is 28.4 Å². The maximum atomic E-state index is 9.26. The highest BCUT2D eigenvalue weighted by Gasteiger charge is 2.08. The number of hydrogen-bond donors (Lipinski definition) is 1. The third kappa shape index (κ3) is 2.08. The van der Waals surface area contributed by atoms with E-state index in [1.54, 1.807) is 7.11 Å². The molecule has 0 unspecified atom stereocenters. The molecule has 1 N–H and O–H groups in total. The number of rotatable bonds is 5. The van der Waals surface area contributed by atoms with E-state index in [9.17, 15) is 5.11 Å². The second-order valence-corrected chi connectivity index (χ2v) is 3.67. The van der Waals surface area contributed by atoms with E-state index >= 15 is 0 Å². The van der Waals surface area contributed by atoms with Crippen LogP contribution in [0.15, 0.2) is 24.3 Å². The van der Waals surface area contributed by atoms with Crippen LogP contribution in [0.4, 0.5) is 0 Å². The zero-order valence-corrected chi connectivity index (χ0v) is 9.39. The first kappa shape index (κ1) is 11.1. The predicted molar refractivity (Wildman–Crippen MR) is 62.1 cm³/mol. The molecule has 1 aromatic heterocycles. The smallest absolute Gasteiger partial charge is 0.135 e. The Bertz CT molecular complexity index is 465. The van der Waals surface area contributed by atoms with Gasteiger partial charge in [-0.15, -0.1) is 0 Å². The number of benzene rings is 1. The Hall–Kier alpha value is -1.39. The number of aliphatic hydroxyl groups excluding tert-OH is 1. The van der Waals surface area contributed by atoms with Crippen molar-refractivity contribution >= 4 is 11.0 Å². The number of methoxy groups -OCH3 is 1. The van der Waals surface area contributed by atoms with Crippen molar-refractivity contribution in [3.05, 3.63) is 30.1 Å². The summed E-state index contributed by atoms with van der Waals surface area (Å²) in [4.78, 5) is 4.38. The molecular weight excluding hydrogens is 204 g/mol. The minimum atomic E-state index is -0.0261. The van der Waals surface area contributed by atoms with Crippen molar-refractivity contribution in [3.63, 3.8) is 0 Å². The molecule has 0 fully saturated rings. The Morgan fingerprint density at radius 2 is 2.19 bits per heavy atom. The van der Waals surface area contributed by atoms with Crippen molar-refractivity contribution in [2.24, 2.45) is 0 Å². The van der Waals surface area contributed by atoms with E-state index in [4.69, 9.17) is 4.74 Å². The van der Waals surface area contributed by atoms with Crippen LogP contribution in [0.3, 0.4) is 0 Å². The number of fused-ring (bicyclic) bond motifs is 1. The topological polar surface area (TPSA) is 47.3 Å². The van der Waals surface area contributed by atoms with Crippen LogP contribution in [-0.2, 0) is 17.9 Å². The molecule has 16 heavy (non-hydrogen) atoms.